The Morgan fingerprint density at radius 2 is 1.27 bits per heavy atom. The zero-order chi connectivity index (χ0) is 31.8. The molecule has 41 heavy (non-hydrogen) atoms. The fraction of sp³-hybridized carbons (Fsp3) is 0.552. The van der Waals surface area contributed by atoms with Gasteiger partial charge in [0.1, 0.15) is 5.75 Å². The van der Waals surface area contributed by atoms with E-state index < -0.39 is 57.7 Å². The molecule has 0 radical (unpaired) electrons. The van der Waals surface area contributed by atoms with Gasteiger partial charge in [-0.1, -0.05) is 53.7 Å². The molecule has 1 unspecified atom stereocenters. The Kier molecular flexibility index (Phi) is 10.0. The Morgan fingerprint density at radius 1 is 0.780 bits per heavy atom. The van der Waals surface area contributed by atoms with Gasteiger partial charge in [-0.2, -0.15) is 26.3 Å². The molecule has 0 aliphatic rings. The largest absolute Gasteiger partial charge is 0.543 e. The van der Waals surface area contributed by atoms with Gasteiger partial charge in [0.05, 0.1) is 17.2 Å². The van der Waals surface area contributed by atoms with Gasteiger partial charge >= 0.3 is 12.4 Å². The van der Waals surface area contributed by atoms with E-state index in [4.69, 9.17) is 8.85 Å². The maximum Gasteiger partial charge on any atom is 0.416 e. The molecule has 0 aliphatic carbocycles. The highest BCUT2D eigenvalue weighted by atomic mass is 28.4. The Hall–Kier alpha value is -2.32. The minimum atomic E-state index is -5.06. The topological polar surface area (TPSA) is 47.6 Å². The molecule has 0 fully saturated rings. The number of rotatable bonds is 8. The van der Waals surface area contributed by atoms with Gasteiger partial charge in [-0.05, 0) is 72.2 Å². The van der Waals surface area contributed by atoms with E-state index in [2.05, 4.69) is 39.2 Å². The molecule has 1 amide bonds. The summed E-state index contributed by atoms with van der Waals surface area (Å²) < 4.78 is 93.1. The minimum Gasteiger partial charge on any atom is -0.543 e. The van der Waals surface area contributed by atoms with Crippen molar-refractivity contribution in [1.29, 1.82) is 0 Å². The van der Waals surface area contributed by atoms with Crippen LogP contribution < -0.4 is 9.74 Å². The molecule has 12 heteroatoms. The van der Waals surface area contributed by atoms with Crippen LogP contribution in [0.1, 0.15) is 74.7 Å². The first-order valence-corrected chi connectivity index (χ1v) is 19.1. The van der Waals surface area contributed by atoms with Crippen molar-refractivity contribution < 1.29 is 40.0 Å². The number of amides is 1. The predicted molar refractivity (Wildman–Crippen MR) is 154 cm³/mol. The standard InChI is InChI=1S/C29H41F6NO3Si2/c1-26(2,3)40(7,8)38-23-13-11-12-19(16-23)24(39-41(9,10)27(4,5)6)18-36-25(37)20-14-21(28(30,31)32)17-22(15-20)29(33,34)35/h11-17,24H,18H2,1-10H3,(H,36,37). The van der Waals surface area contributed by atoms with Crippen molar-refractivity contribution in [2.75, 3.05) is 6.54 Å². The first-order valence-electron chi connectivity index (χ1n) is 13.3. The van der Waals surface area contributed by atoms with Crippen molar-refractivity contribution in [2.45, 2.75) is 96.3 Å². The zero-order valence-electron chi connectivity index (χ0n) is 25.3. The number of nitrogens with one attached hydrogen (secondary N) is 1. The fourth-order valence-corrected chi connectivity index (χ4v) is 5.67. The van der Waals surface area contributed by atoms with Crippen LogP contribution in [0.25, 0.3) is 0 Å². The molecule has 0 heterocycles. The maximum atomic E-state index is 13.3. The number of hydrogen-bond acceptors (Lipinski definition) is 3. The van der Waals surface area contributed by atoms with Crippen LogP contribution in [-0.2, 0) is 16.8 Å². The summed E-state index contributed by atoms with van der Waals surface area (Å²) in [5.41, 5.74) is -3.18. The van der Waals surface area contributed by atoms with E-state index in [0.717, 1.165) is 0 Å². The summed E-state index contributed by atoms with van der Waals surface area (Å²) in [5.74, 6) is -0.448. The van der Waals surface area contributed by atoms with Crippen LogP contribution in [0.2, 0.25) is 36.3 Å². The van der Waals surface area contributed by atoms with Gasteiger partial charge in [-0.3, -0.25) is 4.79 Å². The fourth-order valence-electron chi connectivity index (χ4n) is 3.36. The Morgan fingerprint density at radius 3 is 1.71 bits per heavy atom. The summed E-state index contributed by atoms with van der Waals surface area (Å²) in [6.45, 7) is 20.5. The smallest absolute Gasteiger partial charge is 0.416 e. The zero-order valence-corrected chi connectivity index (χ0v) is 27.3. The van der Waals surface area contributed by atoms with Crippen LogP contribution in [0, 0.1) is 0 Å². The number of benzene rings is 2. The third-order valence-electron chi connectivity index (χ3n) is 7.95. The Balaban J connectivity index is 2.46. The van der Waals surface area contributed by atoms with Crippen LogP contribution in [0.4, 0.5) is 26.3 Å². The SMILES string of the molecule is CC(C)(C)[Si](C)(C)Oc1cccc(C(CNC(=O)c2cc(C(F)(F)F)cc(C(F)(F)F)c2)O[Si](C)(C)C(C)(C)C)c1. The number of carbonyl (C=O) groups is 1. The lowest BCUT2D eigenvalue weighted by Gasteiger charge is -2.40. The maximum absolute atomic E-state index is 13.3. The van der Waals surface area contributed by atoms with Crippen LogP contribution in [-0.4, -0.2) is 29.1 Å². The van der Waals surface area contributed by atoms with Gasteiger partial charge in [0.2, 0.25) is 8.32 Å². The lowest BCUT2D eigenvalue weighted by molar-refractivity contribution is -0.143. The number of alkyl halides is 6. The van der Waals surface area contributed by atoms with Crippen molar-refractivity contribution in [3.63, 3.8) is 0 Å². The van der Waals surface area contributed by atoms with E-state index in [-0.39, 0.29) is 22.7 Å². The highest BCUT2D eigenvalue weighted by Crippen LogP contribution is 2.41. The molecule has 230 valence electrons. The third-order valence-corrected chi connectivity index (χ3v) is 16.8. The summed E-state index contributed by atoms with van der Waals surface area (Å²) >= 11 is 0. The van der Waals surface area contributed by atoms with Gasteiger partial charge in [0.25, 0.3) is 5.91 Å². The average molecular weight is 622 g/mol. The van der Waals surface area contributed by atoms with Crippen LogP contribution in [0.5, 0.6) is 5.75 Å². The van der Waals surface area contributed by atoms with E-state index in [0.29, 0.717) is 23.4 Å². The molecule has 0 saturated heterocycles. The molecule has 2 aromatic carbocycles. The predicted octanol–water partition coefficient (Wildman–Crippen LogP) is 9.60. The van der Waals surface area contributed by atoms with E-state index in [1.807, 2.05) is 46.0 Å². The number of halogens is 6. The lowest BCUT2D eigenvalue weighted by atomic mass is 10.0. The second-order valence-corrected chi connectivity index (χ2v) is 22.8. The van der Waals surface area contributed by atoms with Gasteiger partial charge in [0, 0.05) is 12.1 Å². The van der Waals surface area contributed by atoms with Crippen LogP contribution in [0.3, 0.4) is 0 Å². The quantitative estimate of drug-likeness (QED) is 0.236. The second-order valence-electron chi connectivity index (χ2n) is 13.3. The molecule has 0 aromatic heterocycles. The molecule has 2 rings (SSSR count). The minimum absolute atomic E-state index is 0.00592. The highest BCUT2D eigenvalue weighted by molar-refractivity contribution is 6.75. The Labute approximate surface area is 241 Å². The average Bonchev–Trinajstić information content (AvgIpc) is 2.78. The van der Waals surface area contributed by atoms with E-state index >= 15 is 0 Å². The molecule has 1 atom stereocenters. The third kappa shape index (κ3) is 9.08. The number of hydrogen-bond donors (Lipinski definition) is 1. The van der Waals surface area contributed by atoms with E-state index in [9.17, 15) is 31.1 Å². The molecule has 0 bridgehead atoms. The van der Waals surface area contributed by atoms with Crippen molar-refractivity contribution in [3.05, 3.63) is 64.7 Å². The molecule has 0 saturated carbocycles. The first kappa shape index (κ1) is 34.9. The van der Waals surface area contributed by atoms with E-state index in [1.165, 1.54) is 0 Å². The Bertz CT molecular complexity index is 1200. The van der Waals surface area contributed by atoms with Crippen molar-refractivity contribution in [3.8, 4) is 5.75 Å². The van der Waals surface area contributed by atoms with Crippen molar-refractivity contribution >= 4 is 22.5 Å². The molecule has 1 N–H and O–H groups in total. The summed E-state index contributed by atoms with van der Waals surface area (Å²) in [6, 6.07) is 8.07. The molecular formula is C29H41F6NO3Si2. The van der Waals surface area contributed by atoms with Crippen molar-refractivity contribution in [1.82, 2.24) is 5.32 Å². The van der Waals surface area contributed by atoms with Crippen LogP contribution >= 0.6 is 0 Å². The van der Waals surface area contributed by atoms with Gasteiger partial charge in [-0.25, -0.2) is 0 Å². The first-order chi connectivity index (χ1) is 18.2. The van der Waals surface area contributed by atoms with Gasteiger partial charge in [0.15, 0.2) is 8.32 Å². The summed E-state index contributed by atoms with van der Waals surface area (Å²) in [7, 11) is -4.63. The summed E-state index contributed by atoms with van der Waals surface area (Å²) in [6.07, 6.45) is -10.8. The normalized spacial score (nSPS) is 14.5. The summed E-state index contributed by atoms with van der Waals surface area (Å²) in [5, 5.41) is 2.24. The second kappa shape index (κ2) is 11.8. The van der Waals surface area contributed by atoms with Crippen LogP contribution in [0.15, 0.2) is 42.5 Å². The number of carbonyl (C=O) groups excluding carboxylic acids is 1. The summed E-state index contributed by atoms with van der Waals surface area (Å²) in [4.78, 5) is 13.0. The molecule has 0 aliphatic heterocycles. The van der Waals surface area contributed by atoms with Gasteiger partial charge in [-0.15, -0.1) is 0 Å². The molecule has 4 nitrogen and oxygen atoms in total. The van der Waals surface area contributed by atoms with Crippen molar-refractivity contribution in [2.24, 2.45) is 0 Å². The lowest BCUT2D eigenvalue weighted by Crippen LogP contribution is -2.44. The monoisotopic (exact) mass is 621 g/mol. The van der Waals surface area contributed by atoms with Gasteiger partial charge < -0.3 is 14.2 Å². The molecule has 2 aromatic rings. The molecule has 0 spiro atoms. The molecular weight excluding hydrogens is 580 g/mol. The highest BCUT2D eigenvalue weighted by Gasteiger charge is 2.41. The van der Waals surface area contributed by atoms with E-state index in [1.54, 1.807) is 12.1 Å².